The molecule has 1 aliphatic rings. The van der Waals surface area contributed by atoms with Crippen molar-refractivity contribution < 1.29 is 96.4 Å². The third-order valence-corrected chi connectivity index (χ3v) is 15.8. The second-order valence-corrected chi connectivity index (χ2v) is 24.8. The molecule has 98 heavy (non-hydrogen) atoms. The zero-order valence-electron chi connectivity index (χ0n) is 61.2. The largest absolute Gasteiger partial charge is 0.464 e. The number of carbonyl (C=O) groups excluding carboxylic acids is 4. The van der Waals surface area contributed by atoms with Crippen LogP contribution in [0.5, 0.6) is 0 Å². The fourth-order valence-corrected chi connectivity index (χ4v) is 9.91. The molecule has 0 radical (unpaired) electrons. The number of carbonyl (C=O) groups is 4. The summed E-state index contributed by atoms with van der Waals surface area (Å²) in [6, 6.07) is 0. The molecule has 1 heterocycles. The fourth-order valence-electron chi connectivity index (χ4n) is 9.91. The summed E-state index contributed by atoms with van der Waals surface area (Å²) in [6.45, 7) is 18.2. The molecule has 1 rings (SSSR count). The van der Waals surface area contributed by atoms with Crippen LogP contribution in [0.4, 0.5) is 0 Å². The van der Waals surface area contributed by atoms with Crippen molar-refractivity contribution in [3.63, 3.8) is 0 Å². The molecule has 0 amide bonds. The summed E-state index contributed by atoms with van der Waals surface area (Å²) in [5.41, 5.74) is 0. The van der Waals surface area contributed by atoms with Crippen LogP contribution in [0.1, 0.15) is 195 Å². The molecule has 0 aliphatic carbocycles. The summed E-state index contributed by atoms with van der Waals surface area (Å²) in [5.74, 6) is -3.18. The van der Waals surface area contributed by atoms with Crippen molar-refractivity contribution in [2.24, 2.45) is 0 Å². The Balaban J connectivity index is 2.77. The smallest absolute Gasteiger partial charge is 0.336 e. The van der Waals surface area contributed by atoms with Gasteiger partial charge in [0.25, 0.3) is 0 Å². The van der Waals surface area contributed by atoms with Crippen LogP contribution in [0.2, 0.25) is 0 Å². The molecule has 4 unspecified atom stereocenters. The molecule has 0 aromatic heterocycles. The summed E-state index contributed by atoms with van der Waals surface area (Å²) < 4.78 is 65.9. The Hall–Kier alpha value is -3.80. The molecule has 0 saturated carbocycles. The zero-order chi connectivity index (χ0) is 71.3. The monoisotopic (exact) mass is 1400 g/mol. The number of aliphatic hydroxyl groups is 4. The van der Waals surface area contributed by atoms with Gasteiger partial charge in [0.1, 0.15) is 27.2 Å². The van der Waals surface area contributed by atoms with Crippen molar-refractivity contribution >= 4 is 23.9 Å². The molecular formula is C74H136N4O20. The zero-order valence-corrected chi connectivity index (χ0v) is 61.2. The van der Waals surface area contributed by atoms with Gasteiger partial charge in [0.2, 0.25) is 0 Å². The number of esters is 4. The van der Waals surface area contributed by atoms with Gasteiger partial charge in [-0.15, -0.1) is 0 Å². The van der Waals surface area contributed by atoms with Crippen LogP contribution in [-0.2, 0) is 76.0 Å². The maximum Gasteiger partial charge on any atom is 0.336 e. The molecule has 24 nitrogen and oxygen atoms in total. The molecule has 0 spiro atoms. The molecule has 0 aromatic carbocycles. The average Bonchev–Trinajstić information content (AvgIpc) is 1.05. The van der Waals surface area contributed by atoms with Crippen LogP contribution >= 0.6 is 0 Å². The predicted octanol–water partition coefficient (Wildman–Crippen LogP) is 9.23. The van der Waals surface area contributed by atoms with Gasteiger partial charge in [-0.05, 0) is 142 Å². The third-order valence-electron chi connectivity index (χ3n) is 15.8. The lowest BCUT2D eigenvalue weighted by Crippen LogP contribution is -2.48. The highest BCUT2D eigenvalue weighted by Gasteiger charge is 2.28. The Morgan fingerprint density at radius 1 is 0.306 bits per heavy atom. The standard InChI is InChI=1S/C74H136N4O20/c1-5-9-13-17-21-25-47-87-63-91-51-29-33-55-95-71(83)67(79)59-77(60-68(80)72(84)96-56-34-30-52-92-64-88-48-26-22-18-14-10-6-2)41-37-39-75-43-45-76(46-44-75)40-38-42-78(61-69(81)73(85)97-57-35-31-53-93-65-89-49-27-23-19-15-11-7-3)62-70(82)74(86)98-58-36-32-54-94-66-90-50-28-24-20-16-12-8-4/h17-24,67-70,79-82H,5-16,25-66H2,1-4H3/b21-17-,22-18-,23-19-,24-20-. The first-order valence-corrected chi connectivity index (χ1v) is 37.4. The summed E-state index contributed by atoms with van der Waals surface area (Å²) in [6.07, 6.45) is 34.0. The van der Waals surface area contributed by atoms with E-state index in [0.29, 0.717) is 143 Å². The molecule has 1 aliphatic heterocycles. The highest BCUT2D eigenvalue weighted by atomic mass is 16.7. The minimum absolute atomic E-state index is 0.0932. The summed E-state index contributed by atoms with van der Waals surface area (Å²) in [7, 11) is 0. The van der Waals surface area contributed by atoms with Gasteiger partial charge in [0.15, 0.2) is 24.4 Å². The molecule has 4 atom stereocenters. The lowest BCUT2D eigenvalue weighted by molar-refractivity contribution is -0.158. The Kier molecular flexibility index (Phi) is 66.1. The number of unbranched alkanes of at least 4 members (excludes halogenated alkanes) is 12. The highest BCUT2D eigenvalue weighted by molar-refractivity contribution is 5.76. The van der Waals surface area contributed by atoms with Crippen molar-refractivity contribution in [1.82, 2.24) is 19.6 Å². The minimum Gasteiger partial charge on any atom is -0.464 e. The molecule has 0 aromatic rings. The molecule has 1 fully saturated rings. The van der Waals surface area contributed by atoms with Crippen LogP contribution in [-0.4, -0.2) is 273 Å². The van der Waals surface area contributed by atoms with Gasteiger partial charge in [-0.3, -0.25) is 9.80 Å². The second kappa shape index (κ2) is 70.2. The summed E-state index contributed by atoms with van der Waals surface area (Å²) >= 11 is 0. The van der Waals surface area contributed by atoms with Crippen molar-refractivity contribution in [3.8, 4) is 0 Å². The van der Waals surface area contributed by atoms with Gasteiger partial charge in [-0.25, -0.2) is 19.2 Å². The van der Waals surface area contributed by atoms with E-state index in [0.717, 1.165) is 77.5 Å². The second-order valence-electron chi connectivity index (χ2n) is 24.8. The first-order chi connectivity index (χ1) is 47.9. The SMILES string of the molecule is CCCC/C=C\CCOCOCCCCOC(=O)C(O)CN(CCCN1CCN(CCCN(CC(O)C(=O)OCCCCOCOCC/C=C\CCCC)CC(O)C(=O)OCCCCOCOCC/C=C\CCCC)CC1)CC(O)C(=O)OCCCCOCOCC/C=C\CCCC. The third kappa shape index (κ3) is 58.8. The number of ether oxygens (including phenoxy) is 12. The van der Waals surface area contributed by atoms with E-state index >= 15 is 0 Å². The Morgan fingerprint density at radius 3 is 0.755 bits per heavy atom. The summed E-state index contributed by atoms with van der Waals surface area (Å²) in [4.78, 5) is 60.0. The van der Waals surface area contributed by atoms with Crippen LogP contribution in [0, 0.1) is 0 Å². The number of nitrogens with zero attached hydrogens (tertiary/aromatic N) is 4. The molecule has 0 bridgehead atoms. The van der Waals surface area contributed by atoms with E-state index in [1.54, 1.807) is 9.80 Å². The number of aliphatic hydroxyl groups excluding tert-OH is 4. The van der Waals surface area contributed by atoms with Gasteiger partial charge in [-0.1, -0.05) is 128 Å². The van der Waals surface area contributed by atoms with Crippen molar-refractivity contribution in [3.05, 3.63) is 48.6 Å². The van der Waals surface area contributed by atoms with Gasteiger partial charge in [0.05, 0.1) is 52.9 Å². The Morgan fingerprint density at radius 2 is 0.520 bits per heavy atom. The van der Waals surface area contributed by atoms with Crippen LogP contribution in [0.3, 0.4) is 0 Å². The van der Waals surface area contributed by atoms with E-state index in [-0.39, 0.29) is 79.8 Å². The maximum atomic E-state index is 13.0. The number of hydrogen-bond acceptors (Lipinski definition) is 24. The maximum absolute atomic E-state index is 13.0. The van der Waals surface area contributed by atoms with Gasteiger partial charge in [-0.2, -0.15) is 0 Å². The van der Waals surface area contributed by atoms with E-state index in [4.69, 9.17) is 56.8 Å². The van der Waals surface area contributed by atoms with Crippen molar-refractivity contribution in [1.29, 1.82) is 0 Å². The fraction of sp³-hybridized carbons (Fsp3) is 0.838. The van der Waals surface area contributed by atoms with Crippen LogP contribution < -0.4 is 0 Å². The van der Waals surface area contributed by atoms with Crippen molar-refractivity contribution in [2.75, 3.05) is 185 Å². The van der Waals surface area contributed by atoms with Gasteiger partial charge < -0.3 is 87.1 Å². The average molecular weight is 1400 g/mol. The Bertz CT molecular complexity index is 1700. The molecular weight excluding hydrogens is 1260 g/mol. The van der Waals surface area contributed by atoms with E-state index < -0.39 is 48.3 Å². The summed E-state index contributed by atoms with van der Waals surface area (Å²) in [5, 5.41) is 44.1. The lowest BCUT2D eigenvalue weighted by Gasteiger charge is -2.35. The number of allylic oxidation sites excluding steroid dienone is 4. The van der Waals surface area contributed by atoms with Crippen molar-refractivity contribution in [2.45, 2.75) is 219 Å². The number of hydrogen-bond donors (Lipinski definition) is 4. The first-order valence-electron chi connectivity index (χ1n) is 37.4. The number of rotatable bonds is 72. The quantitative estimate of drug-likeness (QED) is 0.0145. The molecule has 24 heteroatoms. The minimum atomic E-state index is -1.52. The van der Waals surface area contributed by atoms with E-state index in [1.165, 1.54) is 51.4 Å². The normalized spacial score (nSPS) is 14.6. The topological polar surface area (TPSA) is 273 Å². The van der Waals surface area contributed by atoms with Crippen LogP contribution in [0.25, 0.3) is 0 Å². The van der Waals surface area contributed by atoms with Gasteiger partial charge in [0, 0.05) is 78.8 Å². The van der Waals surface area contributed by atoms with E-state index in [1.807, 2.05) is 0 Å². The molecule has 1 saturated heterocycles. The van der Waals surface area contributed by atoms with E-state index in [2.05, 4.69) is 86.1 Å². The van der Waals surface area contributed by atoms with Gasteiger partial charge >= 0.3 is 23.9 Å². The van der Waals surface area contributed by atoms with E-state index in [9.17, 15) is 39.6 Å². The Labute approximate surface area is 590 Å². The predicted molar refractivity (Wildman–Crippen MR) is 380 cm³/mol. The van der Waals surface area contributed by atoms with Crippen LogP contribution in [0.15, 0.2) is 48.6 Å². The molecule has 572 valence electrons. The first kappa shape index (κ1) is 92.2. The lowest BCUT2D eigenvalue weighted by atomic mass is 10.2. The highest BCUT2D eigenvalue weighted by Crippen LogP contribution is 2.11. The molecule has 4 N–H and O–H groups in total. The number of piperazine rings is 1.